The normalized spacial score (nSPS) is 19.4. The van der Waals surface area contributed by atoms with E-state index in [0.29, 0.717) is 11.1 Å². The van der Waals surface area contributed by atoms with Crippen molar-refractivity contribution in [2.45, 2.75) is 50.9 Å². The summed E-state index contributed by atoms with van der Waals surface area (Å²) in [5, 5.41) is 6.29. The van der Waals surface area contributed by atoms with E-state index in [4.69, 9.17) is 5.73 Å². The number of halogens is 3. The maximum atomic E-state index is 13.2. The number of nitrogens with one attached hydrogen (secondary N) is 3. The standard InChI is InChI=1S/C21H23F3N6O/c1-11-8-12(21(22,23)24)10-13(9-11)27-18-17-16(6-7-26-19(17)31)29-20(30-18)28-15-5-3-2-4-14(15)25/h6-10,14-15H,2-5,25H2,1H3,(H,26,31)(H2,27,28,29,30)/t14-,15-/m1/s1. The molecule has 3 aromatic rings. The molecule has 164 valence electrons. The Labute approximate surface area is 176 Å². The number of rotatable bonds is 4. The van der Waals surface area contributed by atoms with Crippen LogP contribution in [0.1, 0.15) is 36.8 Å². The molecular weight excluding hydrogens is 409 g/mol. The monoisotopic (exact) mass is 432 g/mol. The second-order valence-electron chi connectivity index (χ2n) is 7.87. The number of alkyl halides is 3. The maximum absolute atomic E-state index is 13.2. The number of aryl methyl sites for hydroxylation is 1. The molecule has 10 heteroatoms. The fourth-order valence-electron chi connectivity index (χ4n) is 3.91. The van der Waals surface area contributed by atoms with Crippen LogP contribution in [0.25, 0.3) is 10.9 Å². The topological polar surface area (TPSA) is 109 Å². The number of hydrogen-bond donors (Lipinski definition) is 4. The smallest absolute Gasteiger partial charge is 0.350 e. The molecule has 0 bridgehead atoms. The lowest BCUT2D eigenvalue weighted by molar-refractivity contribution is -0.137. The highest BCUT2D eigenvalue weighted by molar-refractivity contribution is 5.91. The molecule has 0 aliphatic heterocycles. The highest BCUT2D eigenvalue weighted by Crippen LogP contribution is 2.33. The highest BCUT2D eigenvalue weighted by atomic mass is 19.4. The first kappa shape index (κ1) is 21.1. The van der Waals surface area contributed by atoms with Gasteiger partial charge in [-0.3, -0.25) is 4.79 Å². The Kier molecular flexibility index (Phi) is 5.57. The molecule has 2 atom stereocenters. The Hall–Kier alpha value is -3.14. The van der Waals surface area contributed by atoms with Crippen LogP contribution in [0.5, 0.6) is 0 Å². The van der Waals surface area contributed by atoms with Crippen LogP contribution in [0.2, 0.25) is 0 Å². The van der Waals surface area contributed by atoms with E-state index in [9.17, 15) is 18.0 Å². The van der Waals surface area contributed by atoms with Gasteiger partial charge in [0.05, 0.1) is 11.1 Å². The van der Waals surface area contributed by atoms with Gasteiger partial charge < -0.3 is 21.4 Å². The number of fused-ring (bicyclic) bond motifs is 1. The van der Waals surface area contributed by atoms with Gasteiger partial charge in [0.25, 0.3) is 5.56 Å². The second-order valence-corrected chi connectivity index (χ2v) is 7.87. The number of nitrogens with two attached hydrogens (primary N) is 1. The van der Waals surface area contributed by atoms with Crippen molar-refractivity contribution in [3.05, 3.63) is 51.9 Å². The van der Waals surface area contributed by atoms with Gasteiger partial charge in [-0.05, 0) is 49.6 Å². The molecule has 5 N–H and O–H groups in total. The van der Waals surface area contributed by atoms with Crippen LogP contribution >= 0.6 is 0 Å². The van der Waals surface area contributed by atoms with Gasteiger partial charge in [-0.1, -0.05) is 12.8 Å². The Balaban J connectivity index is 1.76. The third-order valence-electron chi connectivity index (χ3n) is 5.42. The Bertz CT molecular complexity index is 1160. The molecule has 1 fully saturated rings. The van der Waals surface area contributed by atoms with Gasteiger partial charge in [-0.25, -0.2) is 4.98 Å². The van der Waals surface area contributed by atoms with Gasteiger partial charge in [-0.15, -0.1) is 0 Å². The minimum Gasteiger partial charge on any atom is -0.350 e. The van der Waals surface area contributed by atoms with Gasteiger partial charge in [0.1, 0.15) is 11.2 Å². The Morgan fingerprint density at radius 1 is 1.16 bits per heavy atom. The molecule has 0 spiro atoms. The fraction of sp³-hybridized carbons (Fsp3) is 0.381. The van der Waals surface area contributed by atoms with Crippen molar-refractivity contribution >= 4 is 28.4 Å². The molecule has 31 heavy (non-hydrogen) atoms. The number of pyridine rings is 1. The number of aromatic nitrogens is 3. The largest absolute Gasteiger partial charge is 0.416 e. The van der Waals surface area contributed by atoms with Crippen molar-refractivity contribution in [3.63, 3.8) is 0 Å². The molecule has 2 heterocycles. The van der Waals surface area contributed by atoms with Crippen LogP contribution in [0, 0.1) is 6.92 Å². The lowest BCUT2D eigenvalue weighted by Crippen LogP contribution is -2.43. The highest BCUT2D eigenvalue weighted by Gasteiger charge is 2.31. The van der Waals surface area contributed by atoms with Gasteiger partial charge in [0.15, 0.2) is 0 Å². The van der Waals surface area contributed by atoms with E-state index in [1.807, 2.05) is 0 Å². The van der Waals surface area contributed by atoms with Gasteiger partial charge in [0, 0.05) is 24.0 Å². The van der Waals surface area contributed by atoms with Crippen molar-refractivity contribution < 1.29 is 13.2 Å². The maximum Gasteiger partial charge on any atom is 0.416 e. The Morgan fingerprint density at radius 3 is 2.68 bits per heavy atom. The zero-order chi connectivity index (χ0) is 22.2. The van der Waals surface area contributed by atoms with Crippen LogP contribution in [-0.4, -0.2) is 27.0 Å². The molecule has 2 aromatic heterocycles. The van der Waals surface area contributed by atoms with E-state index in [1.54, 1.807) is 19.1 Å². The predicted octanol–water partition coefficient (Wildman–Crippen LogP) is 4.07. The molecule has 1 aromatic carbocycles. The van der Waals surface area contributed by atoms with E-state index in [0.717, 1.165) is 37.8 Å². The summed E-state index contributed by atoms with van der Waals surface area (Å²) >= 11 is 0. The number of nitrogens with zero attached hydrogens (tertiary/aromatic N) is 2. The molecule has 1 aliphatic carbocycles. The Morgan fingerprint density at radius 2 is 1.94 bits per heavy atom. The molecule has 7 nitrogen and oxygen atoms in total. The average molecular weight is 432 g/mol. The predicted molar refractivity (Wildman–Crippen MR) is 113 cm³/mol. The third kappa shape index (κ3) is 4.63. The summed E-state index contributed by atoms with van der Waals surface area (Å²) in [5.41, 5.74) is 5.96. The van der Waals surface area contributed by atoms with Crippen molar-refractivity contribution in [3.8, 4) is 0 Å². The summed E-state index contributed by atoms with van der Waals surface area (Å²) in [7, 11) is 0. The molecule has 0 radical (unpaired) electrons. The van der Waals surface area contributed by atoms with Crippen LogP contribution in [0.4, 0.5) is 30.6 Å². The summed E-state index contributed by atoms with van der Waals surface area (Å²) in [5.74, 6) is 0.393. The third-order valence-corrected chi connectivity index (χ3v) is 5.42. The van der Waals surface area contributed by atoms with E-state index in [1.165, 1.54) is 6.20 Å². The van der Waals surface area contributed by atoms with Gasteiger partial charge >= 0.3 is 6.18 Å². The summed E-state index contributed by atoms with van der Waals surface area (Å²) in [6.45, 7) is 1.57. The zero-order valence-corrected chi connectivity index (χ0v) is 16.9. The van der Waals surface area contributed by atoms with Crippen LogP contribution in [0.15, 0.2) is 35.3 Å². The van der Waals surface area contributed by atoms with Gasteiger partial charge in [0.2, 0.25) is 5.95 Å². The van der Waals surface area contributed by atoms with E-state index >= 15 is 0 Å². The number of hydrogen-bond acceptors (Lipinski definition) is 6. The number of H-pyrrole nitrogens is 1. The zero-order valence-electron chi connectivity index (χ0n) is 16.9. The van der Waals surface area contributed by atoms with E-state index in [-0.39, 0.29) is 34.9 Å². The second kappa shape index (κ2) is 8.18. The van der Waals surface area contributed by atoms with Crippen LogP contribution < -0.4 is 21.9 Å². The summed E-state index contributed by atoms with van der Waals surface area (Å²) < 4.78 is 39.7. The summed E-state index contributed by atoms with van der Waals surface area (Å²) in [6.07, 6.45) is 0.832. The van der Waals surface area contributed by atoms with E-state index < -0.39 is 17.3 Å². The average Bonchev–Trinajstić information content (AvgIpc) is 2.68. The molecule has 4 rings (SSSR count). The minimum atomic E-state index is -4.49. The minimum absolute atomic E-state index is 0.0168. The van der Waals surface area contributed by atoms with E-state index in [2.05, 4.69) is 25.6 Å². The lowest BCUT2D eigenvalue weighted by Gasteiger charge is -2.29. The quantitative estimate of drug-likeness (QED) is 0.495. The summed E-state index contributed by atoms with van der Waals surface area (Å²) in [6, 6.07) is 5.17. The molecule has 0 saturated heterocycles. The first-order valence-corrected chi connectivity index (χ1v) is 10.1. The molecule has 1 saturated carbocycles. The van der Waals surface area contributed by atoms with Crippen molar-refractivity contribution in [2.75, 3.05) is 10.6 Å². The first-order chi connectivity index (χ1) is 14.7. The molecule has 0 unspecified atom stereocenters. The van der Waals surface area contributed by atoms with Crippen molar-refractivity contribution in [1.82, 2.24) is 15.0 Å². The van der Waals surface area contributed by atoms with Crippen LogP contribution in [0.3, 0.4) is 0 Å². The molecule has 0 amide bonds. The van der Waals surface area contributed by atoms with Crippen molar-refractivity contribution in [2.24, 2.45) is 5.73 Å². The number of anilines is 3. The molecular formula is C21H23F3N6O. The van der Waals surface area contributed by atoms with Crippen LogP contribution in [-0.2, 0) is 6.18 Å². The summed E-state index contributed by atoms with van der Waals surface area (Å²) in [4.78, 5) is 23.8. The number of aromatic amines is 1. The lowest BCUT2D eigenvalue weighted by atomic mass is 9.91. The fourth-order valence-corrected chi connectivity index (χ4v) is 3.91. The van der Waals surface area contributed by atoms with Gasteiger partial charge in [-0.2, -0.15) is 18.2 Å². The molecule has 1 aliphatic rings. The SMILES string of the molecule is Cc1cc(Nc2nc(N[C@@H]3CCCC[C@H]3N)nc3cc[nH]c(=O)c23)cc(C(F)(F)F)c1. The first-order valence-electron chi connectivity index (χ1n) is 10.1. The number of benzene rings is 1. The van der Waals surface area contributed by atoms with Crippen molar-refractivity contribution in [1.29, 1.82) is 0 Å².